The van der Waals surface area contributed by atoms with Crippen molar-refractivity contribution in [2.75, 3.05) is 0 Å². The van der Waals surface area contributed by atoms with E-state index in [0.29, 0.717) is 5.15 Å². The fourth-order valence-electron chi connectivity index (χ4n) is 1.49. The molecule has 0 N–H and O–H groups in total. The van der Waals surface area contributed by atoms with E-state index in [4.69, 9.17) is 23.2 Å². The Kier molecular flexibility index (Phi) is 2.59. The second-order valence-electron chi connectivity index (χ2n) is 3.09. The number of hydrogen-bond donors (Lipinski definition) is 0. The average Bonchev–Trinajstić information content (AvgIpc) is 2.82. The average molecular weight is 287 g/mol. The monoisotopic (exact) mass is 286 g/mol. The van der Waals surface area contributed by atoms with Crippen molar-refractivity contribution in [1.82, 2.24) is 9.97 Å². The minimum absolute atomic E-state index is 0.192. The van der Waals surface area contributed by atoms with Crippen LogP contribution >= 0.6 is 45.9 Å². The molecule has 80 valence electrons. The minimum atomic E-state index is 0.192. The highest BCUT2D eigenvalue weighted by Crippen LogP contribution is 2.38. The summed E-state index contributed by atoms with van der Waals surface area (Å²) in [5.74, 6) is 0. The zero-order valence-electron chi connectivity index (χ0n) is 7.78. The van der Waals surface area contributed by atoms with Gasteiger partial charge in [-0.05, 0) is 23.0 Å². The first kappa shape index (κ1) is 10.5. The van der Waals surface area contributed by atoms with Gasteiger partial charge in [-0.1, -0.05) is 17.7 Å². The Balaban J connectivity index is 2.36. The van der Waals surface area contributed by atoms with Gasteiger partial charge in [-0.15, -0.1) is 22.7 Å². The van der Waals surface area contributed by atoms with Gasteiger partial charge in [0.05, 0.1) is 5.39 Å². The maximum absolute atomic E-state index is 6.10. The molecule has 6 heteroatoms. The van der Waals surface area contributed by atoms with E-state index in [9.17, 15) is 0 Å². The lowest BCUT2D eigenvalue weighted by molar-refractivity contribution is 1.23. The molecule has 0 aliphatic carbocycles. The summed E-state index contributed by atoms with van der Waals surface area (Å²) in [5, 5.41) is 5.56. The molecule has 0 saturated heterocycles. The summed E-state index contributed by atoms with van der Waals surface area (Å²) < 4.78 is 0. The molecule has 3 aromatic heterocycles. The third-order valence-electron chi connectivity index (χ3n) is 2.15. The van der Waals surface area contributed by atoms with Crippen LogP contribution in [0.2, 0.25) is 10.4 Å². The molecular formula is C10H4Cl2N2S2. The molecule has 0 atom stereocenters. The van der Waals surface area contributed by atoms with E-state index in [-0.39, 0.29) is 5.28 Å². The molecule has 0 aliphatic heterocycles. The maximum Gasteiger partial charge on any atom is 0.225 e. The van der Waals surface area contributed by atoms with Crippen molar-refractivity contribution in [1.29, 1.82) is 0 Å². The Labute approximate surface area is 109 Å². The van der Waals surface area contributed by atoms with Crippen LogP contribution in [-0.2, 0) is 0 Å². The van der Waals surface area contributed by atoms with E-state index in [1.807, 2.05) is 16.8 Å². The number of fused-ring (bicyclic) bond motifs is 1. The highest BCUT2D eigenvalue weighted by Gasteiger charge is 2.13. The first-order chi connectivity index (χ1) is 7.75. The molecule has 3 aromatic rings. The highest BCUT2D eigenvalue weighted by molar-refractivity contribution is 7.18. The molecule has 2 nitrogen and oxygen atoms in total. The molecule has 0 amide bonds. The van der Waals surface area contributed by atoms with Gasteiger partial charge in [-0.3, -0.25) is 0 Å². The van der Waals surface area contributed by atoms with E-state index in [1.165, 1.54) is 16.2 Å². The van der Waals surface area contributed by atoms with Crippen LogP contribution < -0.4 is 0 Å². The normalized spacial score (nSPS) is 11.1. The predicted molar refractivity (Wildman–Crippen MR) is 70.7 cm³/mol. The van der Waals surface area contributed by atoms with Crippen molar-refractivity contribution in [3.63, 3.8) is 0 Å². The van der Waals surface area contributed by atoms with Gasteiger partial charge in [0, 0.05) is 15.8 Å². The fourth-order valence-corrected chi connectivity index (χ4v) is 3.84. The predicted octanol–water partition coefficient (Wildman–Crippen LogP) is 4.73. The zero-order valence-corrected chi connectivity index (χ0v) is 10.9. The van der Waals surface area contributed by atoms with Gasteiger partial charge in [0.2, 0.25) is 5.28 Å². The molecule has 0 radical (unpaired) electrons. The van der Waals surface area contributed by atoms with E-state index in [2.05, 4.69) is 16.0 Å². The summed E-state index contributed by atoms with van der Waals surface area (Å²) in [6, 6.07) is 4.06. The van der Waals surface area contributed by atoms with E-state index in [1.54, 1.807) is 11.3 Å². The molecule has 0 aliphatic rings. The lowest BCUT2D eigenvalue weighted by atomic mass is 10.2. The van der Waals surface area contributed by atoms with Gasteiger partial charge in [0.25, 0.3) is 0 Å². The van der Waals surface area contributed by atoms with Crippen LogP contribution in [0.15, 0.2) is 22.9 Å². The van der Waals surface area contributed by atoms with Crippen molar-refractivity contribution < 1.29 is 0 Å². The fraction of sp³-hybridized carbons (Fsp3) is 0. The second-order valence-corrected chi connectivity index (χ2v) is 5.59. The van der Waals surface area contributed by atoms with Crippen molar-refractivity contribution in [3.8, 4) is 10.4 Å². The molecule has 0 unspecified atom stereocenters. The molecule has 3 rings (SSSR count). The van der Waals surface area contributed by atoms with Crippen molar-refractivity contribution >= 4 is 56.1 Å². The van der Waals surface area contributed by atoms with E-state index in [0.717, 1.165) is 15.8 Å². The smallest absolute Gasteiger partial charge is 0.207 e. The van der Waals surface area contributed by atoms with Gasteiger partial charge in [-0.2, -0.15) is 0 Å². The van der Waals surface area contributed by atoms with Crippen molar-refractivity contribution in [3.05, 3.63) is 33.3 Å². The van der Waals surface area contributed by atoms with Crippen molar-refractivity contribution in [2.24, 2.45) is 0 Å². The number of nitrogens with zero attached hydrogens (tertiary/aromatic N) is 2. The van der Waals surface area contributed by atoms with Gasteiger partial charge in [-0.25, -0.2) is 9.97 Å². The maximum atomic E-state index is 6.10. The van der Waals surface area contributed by atoms with Crippen molar-refractivity contribution in [2.45, 2.75) is 0 Å². The topological polar surface area (TPSA) is 25.8 Å². The quantitative estimate of drug-likeness (QED) is 0.478. The number of halogens is 2. The summed E-state index contributed by atoms with van der Waals surface area (Å²) in [6.45, 7) is 0. The lowest BCUT2D eigenvalue weighted by Crippen LogP contribution is -1.83. The number of thiophene rings is 2. The summed E-state index contributed by atoms with van der Waals surface area (Å²) in [6.07, 6.45) is 0. The largest absolute Gasteiger partial charge is 0.225 e. The minimum Gasteiger partial charge on any atom is -0.207 e. The van der Waals surface area contributed by atoms with E-state index >= 15 is 0 Å². The summed E-state index contributed by atoms with van der Waals surface area (Å²) in [4.78, 5) is 10.1. The molecule has 0 bridgehead atoms. The van der Waals surface area contributed by atoms with Crippen LogP contribution in [0.5, 0.6) is 0 Å². The molecule has 0 saturated carbocycles. The summed E-state index contributed by atoms with van der Waals surface area (Å²) in [7, 11) is 0. The number of aromatic nitrogens is 2. The standard InChI is InChI=1S/C10H4Cl2N2S2/c11-8-7-5(6-2-1-3-15-6)4-16-9(7)14-10(12)13-8/h1-4H. The van der Waals surface area contributed by atoms with Crippen LogP contribution in [0.3, 0.4) is 0 Å². The van der Waals surface area contributed by atoms with E-state index < -0.39 is 0 Å². The molecule has 0 aromatic carbocycles. The van der Waals surface area contributed by atoms with Gasteiger partial charge in [0.1, 0.15) is 9.98 Å². The van der Waals surface area contributed by atoms with Gasteiger partial charge in [0.15, 0.2) is 0 Å². The first-order valence-electron chi connectivity index (χ1n) is 4.40. The molecule has 0 spiro atoms. The zero-order chi connectivity index (χ0) is 11.1. The molecule has 16 heavy (non-hydrogen) atoms. The Morgan fingerprint density at radius 2 is 2.00 bits per heavy atom. The van der Waals surface area contributed by atoms with Crippen LogP contribution in [0.25, 0.3) is 20.7 Å². The number of rotatable bonds is 1. The van der Waals surface area contributed by atoms with Crippen LogP contribution in [0, 0.1) is 0 Å². The lowest BCUT2D eigenvalue weighted by Gasteiger charge is -1.97. The van der Waals surface area contributed by atoms with Gasteiger partial charge >= 0.3 is 0 Å². The Morgan fingerprint density at radius 1 is 1.12 bits per heavy atom. The van der Waals surface area contributed by atoms with Crippen LogP contribution in [0.4, 0.5) is 0 Å². The summed E-state index contributed by atoms with van der Waals surface area (Å²) in [5.41, 5.74) is 1.08. The van der Waals surface area contributed by atoms with Crippen LogP contribution in [0.1, 0.15) is 0 Å². The third-order valence-corrected chi connectivity index (χ3v) is 4.37. The third kappa shape index (κ3) is 1.62. The Hall–Kier alpha value is -0.680. The second kappa shape index (κ2) is 3.96. The molecular weight excluding hydrogens is 283 g/mol. The SMILES string of the molecule is Clc1nc(Cl)c2c(-c3cccs3)csc2n1. The summed E-state index contributed by atoms with van der Waals surface area (Å²) >= 11 is 15.1. The number of hydrogen-bond acceptors (Lipinski definition) is 4. The molecule has 0 fully saturated rings. The Morgan fingerprint density at radius 3 is 2.75 bits per heavy atom. The highest BCUT2D eigenvalue weighted by atomic mass is 35.5. The van der Waals surface area contributed by atoms with Gasteiger partial charge < -0.3 is 0 Å². The Bertz CT molecular complexity index is 646. The van der Waals surface area contributed by atoms with Crippen LogP contribution in [-0.4, -0.2) is 9.97 Å². The molecule has 3 heterocycles. The first-order valence-corrected chi connectivity index (χ1v) is 6.91.